The van der Waals surface area contributed by atoms with E-state index < -0.39 is 5.75 Å². The zero-order valence-electron chi connectivity index (χ0n) is 9.85. The fourth-order valence-electron chi connectivity index (χ4n) is 1.54. The molecule has 0 aliphatic carbocycles. The molecule has 1 aromatic rings. The number of hydrogen-bond donors (Lipinski definition) is 5. The van der Waals surface area contributed by atoms with Crippen molar-refractivity contribution in [3.63, 3.8) is 0 Å². The smallest absolute Gasteiger partial charge is 0.200 e. The molecule has 0 spiro atoms. The number of aromatic hydroxyl groups is 3. The molecule has 0 aliphatic heterocycles. The summed E-state index contributed by atoms with van der Waals surface area (Å²) in [4.78, 5) is 0. The number of nitrogens with one attached hydrogen (secondary N) is 1. The van der Waals surface area contributed by atoms with Gasteiger partial charge in [0.05, 0.1) is 0 Å². The van der Waals surface area contributed by atoms with Gasteiger partial charge in [0.1, 0.15) is 0 Å². The molecular formula is C12H19NO4. The van der Waals surface area contributed by atoms with Gasteiger partial charge in [0.15, 0.2) is 11.5 Å². The van der Waals surface area contributed by atoms with Crippen LogP contribution in [0, 0.1) is 0 Å². The van der Waals surface area contributed by atoms with E-state index in [0.717, 1.165) is 12.8 Å². The van der Waals surface area contributed by atoms with Crippen LogP contribution in [-0.4, -0.2) is 33.1 Å². The molecule has 0 aliphatic rings. The van der Waals surface area contributed by atoms with Crippen molar-refractivity contribution in [3.05, 3.63) is 17.7 Å². The van der Waals surface area contributed by atoms with Gasteiger partial charge in [0.2, 0.25) is 5.75 Å². The second-order valence-electron chi connectivity index (χ2n) is 4.09. The van der Waals surface area contributed by atoms with Crippen LogP contribution in [0.15, 0.2) is 12.1 Å². The maximum atomic E-state index is 9.58. The Morgan fingerprint density at radius 1 is 1.18 bits per heavy atom. The number of phenolic OH excluding ortho intramolecular Hbond substituents is 3. The Hall–Kier alpha value is -1.46. The molecule has 0 saturated carbocycles. The monoisotopic (exact) mass is 241 g/mol. The van der Waals surface area contributed by atoms with Crippen LogP contribution in [0.5, 0.6) is 17.2 Å². The van der Waals surface area contributed by atoms with Crippen LogP contribution in [0.1, 0.15) is 25.3 Å². The summed E-state index contributed by atoms with van der Waals surface area (Å²) in [7, 11) is 0. The van der Waals surface area contributed by atoms with Crippen LogP contribution in [0.2, 0.25) is 0 Å². The first-order valence-electron chi connectivity index (χ1n) is 5.63. The molecule has 0 bridgehead atoms. The van der Waals surface area contributed by atoms with Crippen molar-refractivity contribution in [2.24, 2.45) is 0 Å². The molecular weight excluding hydrogens is 222 g/mol. The van der Waals surface area contributed by atoms with Crippen LogP contribution >= 0.6 is 0 Å². The Kier molecular flexibility index (Phi) is 5.06. The first kappa shape index (κ1) is 13.6. The molecule has 0 saturated heterocycles. The highest BCUT2D eigenvalue weighted by Gasteiger charge is 2.11. The van der Waals surface area contributed by atoms with Gasteiger partial charge in [-0.05, 0) is 25.8 Å². The van der Waals surface area contributed by atoms with Crippen molar-refractivity contribution >= 4 is 0 Å². The van der Waals surface area contributed by atoms with Crippen molar-refractivity contribution < 1.29 is 20.4 Å². The van der Waals surface area contributed by atoms with Crippen molar-refractivity contribution in [2.75, 3.05) is 6.61 Å². The molecule has 0 aromatic heterocycles. The summed E-state index contributed by atoms with van der Waals surface area (Å²) in [5.41, 5.74) is 0.524. The second-order valence-corrected chi connectivity index (χ2v) is 4.09. The van der Waals surface area contributed by atoms with Gasteiger partial charge in [0, 0.05) is 24.8 Å². The highest BCUT2D eigenvalue weighted by Crippen LogP contribution is 2.36. The molecule has 0 amide bonds. The molecule has 1 unspecified atom stereocenters. The van der Waals surface area contributed by atoms with Gasteiger partial charge < -0.3 is 25.7 Å². The van der Waals surface area contributed by atoms with Crippen LogP contribution in [-0.2, 0) is 6.54 Å². The Bertz CT molecular complexity index is 368. The fourth-order valence-corrected chi connectivity index (χ4v) is 1.54. The van der Waals surface area contributed by atoms with Gasteiger partial charge in [-0.1, -0.05) is 6.07 Å². The highest BCUT2D eigenvalue weighted by atomic mass is 16.3. The van der Waals surface area contributed by atoms with E-state index in [1.165, 1.54) is 6.07 Å². The van der Waals surface area contributed by atoms with Crippen LogP contribution in [0.4, 0.5) is 0 Å². The van der Waals surface area contributed by atoms with Crippen LogP contribution < -0.4 is 5.32 Å². The van der Waals surface area contributed by atoms with E-state index >= 15 is 0 Å². The summed E-state index contributed by atoms with van der Waals surface area (Å²) in [6.45, 7) is 2.54. The summed E-state index contributed by atoms with van der Waals surface area (Å²) >= 11 is 0. The van der Waals surface area contributed by atoms with Crippen molar-refractivity contribution in [2.45, 2.75) is 32.4 Å². The molecule has 5 heteroatoms. The van der Waals surface area contributed by atoms with E-state index in [1.54, 1.807) is 6.07 Å². The summed E-state index contributed by atoms with van der Waals surface area (Å²) in [6.07, 6.45) is 1.56. The van der Waals surface area contributed by atoms with E-state index in [9.17, 15) is 10.2 Å². The highest BCUT2D eigenvalue weighted by molar-refractivity contribution is 5.52. The summed E-state index contributed by atoms with van der Waals surface area (Å²) in [6, 6.07) is 3.10. The SMILES string of the molecule is CC(CCCO)NCc1ccc(O)c(O)c1O. The zero-order chi connectivity index (χ0) is 12.8. The molecule has 96 valence electrons. The topological polar surface area (TPSA) is 93.0 Å². The maximum absolute atomic E-state index is 9.58. The average Bonchev–Trinajstić information content (AvgIpc) is 2.32. The number of rotatable bonds is 6. The molecule has 17 heavy (non-hydrogen) atoms. The normalized spacial score (nSPS) is 12.6. The predicted molar refractivity (Wildman–Crippen MR) is 64.1 cm³/mol. The number of hydrogen-bond acceptors (Lipinski definition) is 5. The van der Waals surface area contributed by atoms with Gasteiger partial charge in [-0.25, -0.2) is 0 Å². The van der Waals surface area contributed by atoms with Crippen molar-refractivity contribution in [1.29, 1.82) is 0 Å². The van der Waals surface area contributed by atoms with E-state index in [-0.39, 0.29) is 24.1 Å². The molecule has 5 nitrogen and oxygen atoms in total. The zero-order valence-corrected chi connectivity index (χ0v) is 9.85. The molecule has 1 rings (SSSR count). The van der Waals surface area contributed by atoms with Crippen molar-refractivity contribution in [1.82, 2.24) is 5.32 Å². The lowest BCUT2D eigenvalue weighted by Crippen LogP contribution is -2.25. The van der Waals surface area contributed by atoms with Crippen molar-refractivity contribution in [3.8, 4) is 17.2 Å². The van der Waals surface area contributed by atoms with E-state index in [2.05, 4.69) is 5.32 Å². The molecule has 0 radical (unpaired) electrons. The van der Waals surface area contributed by atoms with E-state index in [1.807, 2.05) is 6.92 Å². The molecule has 0 heterocycles. The average molecular weight is 241 g/mol. The molecule has 1 atom stereocenters. The van der Waals surface area contributed by atoms with Gasteiger partial charge in [-0.3, -0.25) is 0 Å². The second kappa shape index (κ2) is 6.32. The third-order valence-corrected chi connectivity index (χ3v) is 2.65. The van der Waals surface area contributed by atoms with E-state index in [4.69, 9.17) is 10.2 Å². The lowest BCUT2D eigenvalue weighted by atomic mass is 10.1. The van der Waals surface area contributed by atoms with Gasteiger partial charge in [0.25, 0.3) is 0 Å². The Morgan fingerprint density at radius 3 is 2.53 bits per heavy atom. The standard InChI is InChI=1S/C12H19NO4/c1-8(3-2-6-14)13-7-9-4-5-10(15)12(17)11(9)16/h4-5,8,13-17H,2-3,6-7H2,1H3. The Labute approximate surface area is 100 Å². The number of benzene rings is 1. The molecule has 5 N–H and O–H groups in total. The third-order valence-electron chi connectivity index (χ3n) is 2.65. The fraction of sp³-hybridized carbons (Fsp3) is 0.500. The summed E-state index contributed by atoms with van der Waals surface area (Å²) in [5.74, 6) is -1.13. The quantitative estimate of drug-likeness (QED) is 0.480. The Balaban J connectivity index is 2.55. The minimum absolute atomic E-state index is 0.164. The van der Waals surface area contributed by atoms with Gasteiger partial charge in [-0.15, -0.1) is 0 Å². The third kappa shape index (κ3) is 3.80. The minimum atomic E-state index is -0.493. The number of aliphatic hydroxyl groups is 1. The predicted octanol–water partition coefficient (Wildman–Crippen LogP) is 1.05. The first-order chi connectivity index (χ1) is 8.06. The lowest BCUT2D eigenvalue weighted by Gasteiger charge is -2.14. The number of phenols is 3. The molecule has 1 aromatic carbocycles. The largest absolute Gasteiger partial charge is 0.504 e. The number of aliphatic hydroxyl groups excluding tert-OH is 1. The van der Waals surface area contributed by atoms with Gasteiger partial charge in [-0.2, -0.15) is 0 Å². The first-order valence-corrected chi connectivity index (χ1v) is 5.63. The minimum Gasteiger partial charge on any atom is -0.504 e. The maximum Gasteiger partial charge on any atom is 0.200 e. The summed E-state index contributed by atoms with van der Waals surface area (Å²) in [5, 5.41) is 39.9. The Morgan fingerprint density at radius 2 is 1.88 bits per heavy atom. The molecule has 0 fully saturated rings. The van der Waals surface area contributed by atoms with E-state index in [0.29, 0.717) is 12.1 Å². The summed E-state index contributed by atoms with van der Waals surface area (Å²) < 4.78 is 0. The van der Waals surface area contributed by atoms with Gasteiger partial charge >= 0.3 is 0 Å². The lowest BCUT2D eigenvalue weighted by molar-refractivity contribution is 0.276. The van der Waals surface area contributed by atoms with Crippen LogP contribution in [0.3, 0.4) is 0 Å². The van der Waals surface area contributed by atoms with Crippen LogP contribution in [0.25, 0.3) is 0 Å².